The van der Waals surface area contributed by atoms with E-state index in [1.165, 1.54) is 11.0 Å². The van der Waals surface area contributed by atoms with E-state index in [0.717, 1.165) is 6.42 Å². The van der Waals surface area contributed by atoms with Crippen molar-refractivity contribution in [3.05, 3.63) is 16.4 Å². The molecule has 0 aromatic carbocycles. The van der Waals surface area contributed by atoms with Crippen molar-refractivity contribution in [1.29, 1.82) is 0 Å². The number of ketones is 1. The number of Topliss-reactive ketones (excluding diaryl/α,β-unsaturated/α-hetero) is 1. The zero-order valence-electron chi connectivity index (χ0n) is 7.71. The van der Waals surface area contributed by atoms with Crippen LogP contribution in [0, 0.1) is 10.1 Å². The smallest absolute Gasteiger partial charge is 0.390 e. The van der Waals surface area contributed by atoms with Gasteiger partial charge in [0.25, 0.3) is 0 Å². The lowest BCUT2D eigenvalue weighted by molar-refractivity contribution is -0.394. The van der Waals surface area contributed by atoms with E-state index in [4.69, 9.17) is 0 Å². The summed E-state index contributed by atoms with van der Waals surface area (Å²) < 4.78 is 1.18. The number of nitrogens with zero attached hydrogens (tertiary/aromatic N) is 4. The molecule has 0 fully saturated rings. The lowest BCUT2D eigenvalue weighted by Crippen LogP contribution is -2.10. The summed E-state index contributed by atoms with van der Waals surface area (Å²) in [5.74, 6) is -0.485. The molecule has 1 aromatic rings. The first-order valence-electron chi connectivity index (χ1n) is 4.19. The van der Waals surface area contributed by atoms with Crippen LogP contribution in [0.25, 0.3) is 0 Å². The Morgan fingerprint density at radius 1 is 1.71 bits per heavy atom. The Balaban J connectivity index is 2.59. The Kier molecular flexibility index (Phi) is 3.27. The summed E-state index contributed by atoms with van der Waals surface area (Å²) in [5.41, 5.74) is 0. The topological polar surface area (TPSA) is 90.9 Å². The first-order valence-corrected chi connectivity index (χ1v) is 4.19. The van der Waals surface area contributed by atoms with Gasteiger partial charge >= 0.3 is 5.95 Å². The second-order valence-electron chi connectivity index (χ2n) is 2.79. The largest absolute Gasteiger partial charge is 0.490 e. The molecule has 7 nitrogen and oxygen atoms in total. The SMILES string of the molecule is CCCC(=O)Cn1cnc([N+](=O)[O-])n1. The van der Waals surface area contributed by atoms with Crippen LogP contribution < -0.4 is 0 Å². The van der Waals surface area contributed by atoms with Crippen molar-refractivity contribution >= 4 is 11.7 Å². The van der Waals surface area contributed by atoms with E-state index in [-0.39, 0.29) is 12.3 Å². The summed E-state index contributed by atoms with van der Waals surface area (Å²) >= 11 is 0. The molecule has 0 radical (unpaired) electrons. The van der Waals surface area contributed by atoms with Crippen molar-refractivity contribution in [3.63, 3.8) is 0 Å². The van der Waals surface area contributed by atoms with Crippen molar-refractivity contribution in [2.24, 2.45) is 0 Å². The van der Waals surface area contributed by atoms with Gasteiger partial charge in [0, 0.05) is 11.5 Å². The lowest BCUT2D eigenvalue weighted by Gasteiger charge is -1.93. The zero-order valence-corrected chi connectivity index (χ0v) is 7.71. The monoisotopic (exact) mass is 198 g/mol. The first kappa shape index (κ1) is 10.3. The van der Waals surface area contributed by atoms with Gasteiger partial charge < -0.3 is 10.1 Å². The number of hydrogen-bond donors (Lipinski definition) is 0. The van der Waals surface area contributed by atoms with E-state index in [9.17, 15) is 14.9 Å². The molecule has 1 rings (SSSR count). The number of carbonyl (C=O) groups is 1. The molecule has 0 amide bonds. The molecule has 0 atom stereocenters. The van der Waals surface area contributed by atoms with Gasteiger partial charge in [-0.3, -0.25) is 4.79 Å². The third kappa shape index (κ3) is 2.61. The molecule has 0 bridgehead atoms. The number of carbonyl (C=O) groups excluding carboxylic acids is 1. The zero-order chi connectivity index (χ0) is 10.6. The minimum atomic E-state index is -0.694. The molecule has 1 aromatic heterocycles. The Bertz CT molecular complexity index is 346. The number of rotatable bonds is 5. The molecular weight excluding hydrogens is 188 g/mol. The summed E-state index contributed by atoms with van der Waals surface area (Å²) in [6, 6.07) is 0. The molecule has 76 valence electrons. The second kappa shape index (κ2) is 4.45. The van der Waals surface area contributed by atoms with E-state index in [1.807, 2.05) is 6.92 Å². The van der Waals surface area contributed by atoms with Gasteiger partial charge in [0.2, 0.25) is 6.33 Å². The molecule has 0 saturated heterocycles. The first-order chi connectivity index (χ1) is 6.63. The van der Waals surface area contributed by atoms with Crippen LogP contribution in [0.15, 0.2) is 6.33 Å². The van der Waals surface area contributed by atoms with Gasteiger partial charge in [0.15, 0.2) is 5.78 Å². The van der Waals surface area contributed by atoms with Crippen LogP contribution in [0.1, 0.15) is 19.8 Å². The van der Waals surface area contributed by atoms with Crippen molar-refractivity contribution < 1.29 is 9.72 Å². The average Bonchev–Trinajstić information content (AvgIpc) is 2.53. The maximum absolute atomic E-state index is 11.1. The highest BCUT2D eigenvalue weighted by molar-refractivity contribution is 5.77. The molecule has 0 N–H and O–H groups in total. The van der Waals surface area contributed by atoms with E-state index < -0.39 is 10.9 Å². The Labute approximate surface area is 79.9 Å². The summed E-state index contributed by atoms with van der Waals surface area (Å²) in [4.78, 5) is 24.1. The molecule has 0 aliphatic carbocycles. The van der Waals surface area contributed by atoms with Gasteiger partial charge in [-0.15, -0.1) is 0 Å². The van der Waals surface area contributed by atoms with Crippen LogP contribution in [-0.2, 0) is 11.3 Å². The van der Waals surface area contributed by atoms with Gasteiger partial charge in [-0.25, -0.2) is 0 Å². The summed E-state index contributed by atoms with van der Waals surface area (Å²) in [7, 11) is 0. The number of nitro groups is 1. The van der Waals surface area contributed by atoms with Gasteiger partial charge in [-0.1, -0.05) is 11.9 Å². The van der Waals surface area contributed by atoms with E-state index in [1.54, 1.807) is 0 Å². The van der Waals surface area contributed by atoms with Crippen molar-refractivity contribution in [3.8, 4) is 0 Å². The molecule has 0 aliphatic rings. The van der Waals surface area contributed by atoms with Gasteiger partial charge in [0.1, 0.15) is 6.54 Å². The molecule has 7 heteroatoms. The Morgan fingerprint density at radius 2 is 2.43 bits per heavy atom. The van der Waals surface area contributed by atoms with Crippen LogP contribution in [0.2, 0.25) is 0 Å². The van der Waals surface area contributed by atoms with E-state index in [2.05, 4.69) is 10.1 Å². The van der Waals surface area contributed by atoms with Crippen LogP contribution in [0.3, 0.4) is 0 Å². The fraction of sp³-hybridized carbons (Fsp3) is 0.571. The highest BCUT2D eigenvalue weighted by Gasteiger charge is 2.14. The predicted octanol–water partition coefficient (Wildman–Crippen LogP) is 0.555. The fourth-order valence-corrected chi connectivity index (χ4v) is 0.983. The quantitative estimate of drug-likeness (QED) is 0.509. The fourth-order valence-electron chi connectivity index (χ4n) is 0.983. The molecule has 14 heavy (non-hydrogen) atoms. The third-order valence-corrected chi connectivity index (χ3v) is 1.55. The maximum atomic E-state index is 11.1. The van der Waals surface area contributed by atoms with Crippen molar-refractivity contribution in [2.75, 3.05) is 0 Å². The van der Waals surface area contributed by atoms with Crippen LogP contribution in [0.4, 0.5) is 5.95 Å². The molecule has 0 spiro atoms. The summed E-state index contributed by atoms with van der Waals surface area (Å²) in [6.45, 7) is 1.94. The van der Waals surface area contributed by atoms with Gasteiger partial charge in [-0.2, -0.15) is 4.68 Å². The summed E-state index contributed by atoms with van der Waals surface area (Å²) in [6.07, 6.45) is 2.40. The number of hydrogen-bond acceptors (Lipinski definition) is 5. The van der Waals surface area contributed by atoms with E-state index >= 15 is 0 Å². The molecule has 0 aliphatic heterocycles. The Morgan fingerprint density at radius 3 is 2.93 bits per heavy atom. The highest BCUT2D eigenvalue weighted by atomic mass is 16.6. The maximum Gasteiger partial charge on any atom is 0.490 e. The third-order valence-electron chi connectivity index (χ3n) is 1.55. The molecule has 0 unspecified atom stereocenters. The van der Waals surface area contributed by atoms with Crippen molar-refractivity contribution in [1.82, 2.24) is 14.8 Å². The molecule has 0 saturated carbocycles. The number of aromatic nitrogens is 3. The van der Waals surface area contributed by atoms with Crippen LogP contribution in [-0.4, -0.2) is 25.5 Å². The molecule has 1 heterocycles. The Hall–Kier alpha value is -1.79. The summed E-state index contributed by atoms with van der Waals surface area (Å²) in [5, 5.41) is 13.7. The van der Waals surface area contributed by atoms with Gasteiger partial charge in [-0.05, 0) is 11.3 Å². The van der Waals surface area contributed by atoms with Gasteiger partial charge in [0.05, 0.1) is 0 Å². The van der Waals surface area contributed by atoms with E-state index in [0.29, 0.717) is 6.42 Å². The lowest BCUT2D eigenvalue weighted by atomic mass is 10.2. The average molecular weight is 198 g/mol. The van der Waals surface area contributed by atoms with Crippen LogP contribution in [0.5, 0.6) is 0 Å². The minimum absolute atomic E-state index is 0.00713. The minimum Gasteiger partial charge on any atom is -0.390 e. The highest BCUT2D eigenvalue weighted by Crippen LogP contribution is 2.00. The second-order valence-corrected chi connectivity index (χ2v) is 2.79. The predicted molar refractivity (Wildman–Crippen MR) is 46.6 cm³/mol. The normalized spacial score (nSPS) is 10.1. The standard InChI is InChI=1S/C7H10N4O3/c1-2-3-6(12)4-10-5-8-7(9-10)11(13)14/h5H,2-4H2,1H3. The molecular formula is C7H10N4O3. The van der Waals surface area contributed by atoms with Crippen molar-refractivity contribution in [2.45, 2.75) is 26.3 Å². The van der Waals surface area contributed by atoms with Crippen LogP contribution >= 0.6 is 0 Å².